The van der Waals surface area contributed by atoms with Gasteiger partial charge in [-0.15, -0.1) is 0 Å². The van der Waals surface area contributed by atoms with Crippen molar-refractivity contribution in [1.82, 2.24) is 0 Å². The van der Waals surface area contributed by atoms with E-state index in [1.54, 1.807) is 0 Å². The molecule has 0 aromatic carbocycles. The van der Waals surface area contributed by atoms with E-state index in [0.29, 0.717) is 0 Å². The monoisotopic (exact) mass is 306 g/mol. The molecule has 9 nitrogen and oxygen atoms in total. The molecule has 0 spiro atoms. The summed E-state index contributed by atoms with van der Waals surface area (Å²) in [6.07, 6.45) is 0. The van der Waals surface area contributed by atoms with E-state index in [0.717, 1.165) is 27.7 Å². The lowest BCUT2D eigenvalue weighted by molar-refractivity contribution is -0.147. The molecule has 0 saturated carbocycles. The van der Waals surface area contributed by atoms with E-state index >= 15 is 0 Å². The molecular weight excluding hydrogens is 288 g/mol. The largest absolute Gasteiger partial charge is 0.761 e. The first-order chi connectivity index (χ1) is 8.76. The van der Waals surface area contributed by atoms with Crippen LogP contribution in [-0.2, 0) is 23.6 Å². The summed E-state index contributed by atoms with van der Waals surface area (Å²) in [6.45, 7) is 4.09. The molecular formula is C10H18N2O7Si. The average molecular weight is 306 g/mol. The minimum atomic E-state index is -3.13. The lowest BCUT2D eigenvalue weighted by Gasteiger charge is -2.38. The predicted octanol–water partition coefficient (Wildman–Crippen LogP) is -2.88. The van der Waals surface area contributed by atoms with Gasteiger partial charge in [-0.2, -0.15) is 0 Å². The second kappa shape index (κ2) is 7.12. The molecule has 0 heterocycles. The zero-order valence-electron chi connectivity index (χ0n) is 11.6. The molecule has 0 saturated heterocycles. The van der Waals surface area contributed by atoms with Crippen LogP contribution in [0.15, 0.2) is 0 Å². The summed E-state index contributed by atoms with van der Waals surface area (Å²) in [5, 5.41) is 0. The first-order valence-corrected chi connectivity index (χ1v) is 6.60. The normalized spacial score (nSPS) is 10.9. The molecule has 0 rings (SSSR count). The average Bonchev–Trinajstić information content (AvgIpc) is 2.24. The molecule has 0 fully saturated rings. The summed E-state index contributed by atoms with van der Waals surface area (Å²) in [4.78, 5) is 60.0. The SMILES string of the molecule is CC(=O)C(N)(C(C)=O)C(N)(C(C)=O)C(C)=O.O=[Si](O)O. The van der Waals surface area contributed by atoms with Crippen molar-refractivity contribution in [3.05, 3.63) is 0 Å². The Hall–Kier alpha value is -1.78. The first-order valence-electron chi connectivity index (χ1n) is 5.30. The van der Waals surface area contributed by atoms with Crippen molar-refractivity contribution >= 4 is 32.3 Å². The Balaban J connectivity index is 0. The molecule has 0 aromatic rings. The van der Waals surface area contributed by atoms with Crippen LogP contribution >= 0.6 is 0 Å². The number of carbonyl (C=O) groups excluding carboxylic acids is 4. The standard InChI is InChI=1S/C10H16N2O4.H2O3Si/c1-5(13)9(11,6(2)14)10(12,7(3)15)8(4)16;1-4(2)3/h11-12H2,1-4H3;1-2H. The number of hydrogen-bond acceptors (Lipinski definition) is 7. The number of nitrogens with two attached hydrogens (primary N) is 2. The van der Waals surface area contributed by atoms with Crippen molar-refractivity contribution in [2.75, 3.05) is 0 Å². The molecule has 20 heavy (non-hydrogen) atoms. The first kappa shape index (κ1) is 20.5. The Kier molecular flexibility index (Phi) is 7.31. The van der Waals surface area contributed by atoms with Gasteiger partial charge in [-0.05, 0) is 27.7 Å². The molecule has 0 aliphatic carbocycles. The molecule has 114 valence electrons. The van der Waals surface area contributed by atoms with Crippen molar-refractivity contribution < 1.29 is 33.2 Å². The summed E-state index contributed by atoms with van der Waals surface area (Å²) in [5.74, 6) is -3.25. The van der Waals surface area contributed by atoms with Gasteiger partial charge < -0.3 is 21.1 Å². The molecule has 10 heteroatoms. The molecule has 0 atom stereocenters. The highest BCUT2D eigenvalue weighted by Gasteiger charge is 2.59. The van der Waals surface area contributed by atoms with E-state index in [-0.39, 0.29) is 0 Å². The molecule has 6 N–H and O–H groups in total. The zero-order chi connectivity index (χ0) is 16.9. The maximum absolute atomic E-state index is 11.4. The Morgan fingerprint density at radius 1 is 0.750 bits per heavy atom. The van der Waals surface area contributed by atoms with Gasteiger partial charge in [-0.25, -0.2) is 0 Å². The Morgan fingerprint density at radius 2 is 0.850 bits per heavy atom. The lowest BCUT2D eigenvalue weighted by atomic mass is 9.68. The van der Waals surface area contributed by atoms with Crippen molar-refractivity contribution in [2.45, 2.75) is 38.8 Å². The van der Waals surface area contributed by atoms with Crippen LogP contribution in [0.3, 0.4) is 0 Å². The van der Waals surface area contributed by atoms with Crippen molar-refractivity contribution in [1.29, 1.82) is 0 Å². The predicted molar refractivity (Wildman–Crippen MR) is 67.4 cm³/mol. The number of rotatable bonds is 5. The van der Waals surface area contributed by atoms with Gasteiger partial charge in [0.2, 0.25) is 0 Å². The number of Topliss-reactive ketones (excluding diaryl/α,β-unsaturated/α-hetero) is 4. The second-order valence-electron chi connectivity index (χ2n) is 4.12. The van der Waals surface area contributed by atoms with E-state index in [4.69, 9.17) is 25.5 Å². The highest BCUT2D eigenvalue weighted by Crippen LogP contribution is 2.22. The smallest absolute Gasteiger partial charge is 0.511 e. The van der Waals surface area contributed by atoms with Gasteiger partial charge in [0.05, 0.1) is 0 Å². The van der Waals surface area contributed by atoms with Crippen LogP contribution in [0.25, 0.3) is 0 Å². The van der Waals surface area contributed by atoms with E-state index in [1.165, 1.54) is 0 Å². The number of hydrogen-bond donors (Lipinski definition) is 4. The van der Waals surface area contributed by atoms with Crippen LogP contribution < -0.4 is 11.5 Å². The maximum Gasteiger partial charge on any atom is 0.761 e. The van der Waals surface area contributed by atoms with Gasteiger partial charge in [-0.1, -0.05) is 0 Å². The number of ketones is 4. The van der Waals surface area contributed by atoms with E-state index < -0.39 is 43.4 Å². The Bertz CT molecular complexity index is 393. The van der Waals surface area contributed by atoms with Crippen LogP contribution in [-0.4, -0.2) is 53.0 Å². The summed E-state index contributed by atoms with van der Waals surface area (Å²) in [7, 11) is -3.13. The molecule has 0 amide bonds. The van der Waals surface area contributed by atoms with E-state index in [2.05, 4.69) is 0 Å². The van der Waals surface area contributed by atoms with Crippen LogP contribution in [0.5, 0.6) is 0 Å². The molecule has 0 aliphatic rings. The fourth-order valence-electron chi connectivity index (χ4n) is 1.61. The second-order valence-corrected chi connectivity index (χ2v) is 4.69. The summed E-state index contributed by atoms with van der Waals surface area (Å²) in [5.41, 5.74) is 6.59. The highest BCUT2D eigenvalue weighted by molar-refractivity contribution is 6.25. The third-order valence-electron chi connectivity index (χ3n) is 2.84. The third-order valence-corrected chi connectivity index (χ3v) is 2.84. The van der Waals surface area contributed by atoms with Gasteiger partial charge >= 0.3 is 9.17 Å². The zero-order valence-corrected chi connectivity index (χ0v) is 12.6. The van der Waals surface area contributed by atoms with Crippen molar-refractivity contribution in [2.24, 2.45) is 11.5 Å². The van der Waals surface area contributed by atoms with Crippen molar-refractivity contribution in [3.63, 3.8) is 0 Å². The quantitative estimate of drug-likeness (QED) is 0.306. The number of carbonyl (C=O) groups is 4. The van der Waals surface area contributed by atoms with Crippen LogP contribution in [0.1, 0.15) is 27.7 Å². The van der Waals surface area contributed by atoms with Crippen LogP contribution in [0.4, 0.5) is 0 Å². The van der Waals surface area contributed by atoms with Gasteiger partial charge in [0.1, 0.15) is 0 Å². The van der Waals surface area contributed by atoms with E-state index in [1.807, 2.05) is 0 Å². The fourth-order valence-corrected chi connectivity index (χ4v) is 1.61. The van der Waals surface area contributed by atoms with Gasteiger partial charge in [0.25, 0.3) is 0 Å². The van der Waals surface area contributed by atoms with E-state index in [9.17, 15) is 19.2 Å². The molecule has 0 radical (unpaired) electrons. The van der Waals surface area contributed by atoms with Gasteiger partial charge in [0, 0.05) is 0 Å². The minimum absolute atomic E-state index is 0.812. The summed E-state index contributed by atoms with van der Waals surface area (Å²) >= 11 is 0. The Labute approximate surface area is 116 Å². The van der Waals surface area contributed by atoms with Gasteiger partial charge in [0.15, 0.2) is 34.2 Å². The Morgan fingerprint density at radius 3 is 0.900 bits per heavy atom. The highest BCUT2D eigenvalue weighted by atomic mass is 28.3. The summed E-state index contributed by atoms with van der Waals surface area (Å²) < 4.78 is 8.74. The lowest BCUT2D eigenvalue weighted by Crippen LogP contribution is -2.78. The summed E-state index contributed by atoms with van der Waals surface area (Å²) in [6, 6.07) is 0. The topological polar surface area (TPSA) is 178 Å². The molecule has 0 bridgehead atoms. The molecule has 0 unspecified atom stereocenters. The van der Waals surface area contributed by atoms with Crippen LogP contribution in [0, 0.1) is 0 Å². The maximum atomic E-state index is 11.4. The molecule has 0 aromatic heterocycles. The third kappa shape index (κ3) is 3.85. The fraction of sp³-hybridized carbons (Fsp3) is 0.600. The minimum Gasteiger partial charge on any atom is -0.511 e. The molecule has 0 aliphatic heterocycles. The van der Waals surface area contributed by atoms with Crippen molar-refractivity contribution in [3.8, 4) is 0 Å². The van der Waals surface area contributed by atoms with Gasteiger partial charge in [-0.3, -0.25) is 23.6 Å². The van der Waals surface area contributed by atoms with Crippen LogP contribution in [0.2, 0.25) is 0 Å².